The van der Waals surface area contributed by atoms with Crippen LogP contribution in [-0.4, -0.2) is 0 Å². The van der Waals surface area contributed by atoms with Gasteiger partial charge in [-0.15, -0.1) is 0 Å². The lowest BCUT2D eigenvalue weighted by Gasteiger charge is -2.19. The standard InChI is InChI=1S/C15H18O2/c1-15(2,3)13-5-4-6-14(9-13)17-11-12-7-8-16-10-12/h4-10H,11H2,1-3H3. The van der Waals surface area contributed by atoms with Crippen molar-refractivity contribution in [2.24, 2.45) is 0 Å². The van der Waals surface area contributed by atoms with Gasteiger partial charge in [-0.25, -0.2) is 0 Å². The molecule has 2 aromatic rings. The van der Waals surface area contributed by atoms with Crippen molar-refractivity contribution >= 4 is 0 Å². The van der Waals surface area contributed by atoms with Gasteiger partial charge in [0.1, 0.15) is 12.4 Å². The summed E-state index contributed by atoms with van der Waals surface area (Å²) in [6.45, 7) is 7.14. The van der Waals surface area contributed by atoms with Crippen LogP contribution in [0.25, 0.3) is 0 Å². The monoisotopic (exact) mass is 230 g/mol. The fourth-order valence-corrected chi connectivity index (χ4v) is 1.59. The second-order valence-electron chi connectivity index (χ2n) is 5.20. The van der Waals surface area contributed by atoms with E-state index in [-0.39, 0.29) is 5.41 Å². The van der Waals surface area contributed by atoms with Crippen LogP contribution >= 0.6 is 0 Å². The summed E-state index contributed by atoms with van der Waals surface area (Å²) in [5.74, 6) is 0.902. The zero-order valence-corrected chi connectivity index (χ0v) is 10.6. The van der Waals surface area contributed by atoms with Gasteiger partial charge in [0.2, 0.25) is 0 Å². The number of furan rings is 1. The Morgan fingerprint density at radius 1 is 1.18 bits per heavy atom. The summed E-state index contributed by atoms with van der Waals surface area (Å²) in [4.78, 5) is 0. The minimum atomic E-state index is 0.148. The maximum atomic E-state index is 5.73. The number of hydrogen-bond acceptors (Lipinski definition) is 2. The SMILES string of the molecule is CC(C)(C)c1cccc(OCc2ccoc2)c1. The molecule has 0 radical (unpaired) electrons. The van der Waals surface area contributed by atoms with Crippen LogP contribution in [0.15, 0.2) is 47.3 Å². The number of hydrogen-bond donors (Lipinski definition) is 0. The quantitative estimate of drug-likeness (QED) is 0.790. The molecule has 1 heterocycles. The van der Waals surface area contributed by atoms with E-state index in [1.54, 1.807) is 12.5 Å². The summed E-state index contributed by atoms with van der Waals surface area (Å²) in [5.41, 5.74) is 2.48. The van der Waals surface area contributed by atoms with E-state index in [2.05, 4.69) is 32.9 Å². The van der Waals surface area contributed by atoms with Crippen molar-refractivity contribution in [1.29, 1.82) is 0 Å². The van der Waals surface area contributed by atoms with Gasteiger partial charge in [0.25, 0.3) is 0 Å². The molecule has 0 saturated heterocycles. The van der Waals surface area contributed by atoms with Crippen molar-refractivity contribution in [3.63, 3.8) is 0 Å². The van der Waals surface area contributed by atoms with Gasteiger partial charge in [-0.3, -0.25) is 0 Å². The van der Waals surface area contributed by atoms with E-state index in [1.165, 1.54) is 5.56 Å². The van der Waals surface area contributed by atoms with Crippen LogP contribution in [0.4, 0.5) is 0 Å². The molecule has 2 nitrogen and oxygen atoms in total. The predicted molar refractivity (Wildman–Crippen MR) is 68.2 cm³/mol. The molecule has 2 heteroatoms. The fraction of sp³-hybridized carbons (Fsp3) is 0.333. The average Bonchev–Trinajstić information content (AvgIpc) is 2.78. The van der Waals surface area contributed by atoms with Crippen LogP contribution in [0.3, 0.4) is 0 Å². The van der Waals surface area contributed by atoms with Gasteiger partial charge in [-0.05, 0) is 29.2 Å². The largest absolute Gasteiger partial charge is 0.489 e. The molecule has 0 unspecified atom stereocenters. The molecule has 0 amide bonds. The Hall–Kier alpha value is -1.70. The van der Waals surface area contributed by atoms with Crippen LogP contribution in [0.2, 0.25) is 0 Å². The Morgan fingerprint density at radius 2 is 2.00 bits per heavy atom. The molecule has 0 aliphatic carbocycles. The van der Waals surface area contributed by atoms with E-state index in [4.69, 9.17) is 9.15 Å². The van der Waals surface area contributed by atoms with Crippen LogP contribution in [-0.2, 0) is 12.0 Å². The summed E-state index contributed by atoms with van der Waals surface area (Å²) in [7, 11) is 0. The summed E-state index contributed by atoms with van der Waals surface area (Å²) in [6, 6.07) is 10.2. The minimum absolute atomic E-state index is 0.148. The first kappa shape index (κ1) is 11.8. The topological polar surface area (TPSA) is 22.4 Å². The molecule has 90 valence electrons. The van der Waals surface area contributed by atoms with Crippen molar-refractivity contribution in [3.8, 4) is 5.75 Å². The zero-order chi connectivity index (χ0) is 12.3. The molecular weight excluding hydrogens is 212 g/mol. The summed E-state index contributed by atoms with van der Waals surface area (Å²) in [6.07, 6.45) is 3.36. The Labute approximate surface area is 102 Å². The minimum Gasteiger partial charge on any atom is -0.489 e. The first-order valence-corrected chi connectivity index (χ1v) is 5.80. The molecule has 0 saturated carbocycles. The van der Waals surface area contributed by atoms with Crippen molar-refractivity contribution in [1.82, 2.24) is 0 Å². The van der Waals surface area contributed by atoms with Gasteiger partial charge in [-0.1, -0.05) is 32.9 Å². The molecule has 0 aliphatic heterocycles. The van der Waals surface area contributed by atoms with E-state index in [0.717, 1.165) is 11.3 Å². The van der Waals surface area contributed by atoms with Gasteiger partial charge in [-0.2, -0.15) is 0 Å². The van der Waals surface area contributed by atoms with Crippen LogP contribution in [0, 0.1) is 0 Å². The Kier molecular flexibility index (Phi) is 3.23. The van der Waals surface area contributed by atoms with Crippen LogP contribution in [0.1, 0.15) is 31.9 Å². The average molecular weight is 230 g/mol. The molecule has 1 aromatic heterocycles. The summed E-state index contributed by atoms with van der Waals surface area (Å²) in [5, 5.41) is 0. The molecule has 0 aliphatic rings. The van der Waals surface area contributed by atoms with Gasteiger partial charge in [0, 0.05) is 5.56 Å². The molecule has 0 atom stereocenters. The number of benzene rings is 1. The van der Waals surface area contributed by atoms with E-state index >= 15 is 0 Å². The molecule has 0 bridgehead atoms. The molecule has 0 spiro atoms. The molecular formula is C15H18O2. The number of rotatable bonds is 3. The Bertz CT molecular complexity index is 464. The zero-order valence-electron chi connectivity index (χ0n) is 10.6. The molecule has 0 N–H and O–H groups in total. The molecule has 2 rings (SSSR count). The highest BCUT2D eigenvalue weighted by atomic mass is 16.5. The van der Waals surface area contributed by atoms with Crippen LogP contribution in [0.5, 0.6) is 5.75 Å². The van der Waals surface area contributed by atoms with Crippen molar-refractivity contribution in [2.45, 2.75) is 32.8 Å². The first-order valence-electron chi connectivity index (χ1n) is 5.80. The fourth-order valence-electron chi connectivity index (χ4n) is 1.59. The summed E-state index contributed by atoms with van der Waals surface area (Å²) < 4.78 is 10.7. The van der Waals surface area contributed by atoms with Gasteiger partial charge in [0.15, 0.2) is 0 Å². The third kappa shape index (κ3) is 3.13. The summed E-state index contributed by atoms with van der Waals surface area (Å²) >= 11 is 0. The van der Waals surface area contributed by atoms with Gasteiger partial charge < -0.3 is 9.15 Å². The van der Waals surface area contributed by atoms with E-state index in [9.17, 15) is 0 Å². The molecule has 0 fully saturated rings. The highest BCUT2D eigenvalue weighted by molar-refractivity contribution is 5.32. The molecule has 1 aromatic carbocycles. The maximum Gasteiger partial charge on any atom is 0.120 e. The number of ether oxygens (including phenoxy) is 1. The lowest BCUT2D eigenvalue weighted by molar-refractivity contribution is 0.304. The smallest absolute Gasteiger partial charge is 0.120 e. The highest BCUT2D eigenvalue weighted by Gasteiger charge is 2.13. The second-order valence-corrected chi connectivity index (χ2v) is 5.20. The maximum absolute atomic E-state index is 5.73. The van der Waals surface area contributed by atoms with Crippen molar-refractivity contribution in [3.05, 3.63) is 54.0 Å². The first-order chi connectivity index (χ1) is 8.05. The Balaban J connectivity index is 2.07. The van der Waals surface area contributed by atoms with E-state index in [1.807, 2.05) is 18.2 Å². The normalized spacial score (nSPS) is 11.5. The Morgan fingerprint density at radius 3 is 2.65 bits per heavy atom. The lowest BCUT2D eigenvalue weighted by atomic mass is 9.87. The predicted octanol–water partition coefficient (Wildman–Crippen LogP) is 4.16. The van der Waals surface area contributed by atoms with E-state index < -0.39 is 0 Å². The highest BCUT2D eigenvalue weighted by Crippen LogP contribution is 2.25. The third-order valence-corrected chi connectivity index (χ3v) is 2.69. The third-order valence-electron chi connectivity index (χ3n) is 2.69. The van der Waals surface area contributed by atoms with E-state index in [0.29, 0.717) is 6.61 Å². The second kappa shape index (κ2) is 4.66. The van der Waals surface area contributed by atoms with Gasteiger partial charge in [0.05, 0.1) is 12.5 Å². The lowest BCUT2D eigenvalue weighted by Crippen LogP contribution is -2.10. The molecule has 17 heavy (non-hydrogen) atoms. The van der Waals surface area contributed by atoms with Crippen molar-refractivity contribution < 1.29 is 9.15 Å². The van der Waals surface area contributed by atoms with Gasteiger partial charge >= 0.3 is 0 Å². The van der Waals surface area contributed by atoms with Crippen molar-refractivity contribution in [2.75, 3.05) is 0 Å². The van der Waals surface area contributed by atoms with Crippen LogP contribution < -0.4 is 4.74 Å².